The highest BCUT2D eigenvalue weighted by Crippen LogP contribution is 2.24. The summed E-state index contributed by atoms with van der Waals surface area (Å²) in [6, 6.07) is 9.73. The number of rotatable bonds is 3. The minimum Gasteiger partial charge on any atom is -0.338 e. The molecule has 0 bridgehead atoms. The smallest absolute Gasteiger partial charge is 0.227 e. The molecular weight excluding hydrogens is 386 g/mol. The summed E-state index contributed by atoms with van der Waals surface area (Å²) < 4.78 is 26.7. The normalized spacial score (nSPS) is 19.2. The summed E-state index contributed by atoms with van der Waals surface area (Å²) in [5.74, 6) is -1.28. The van der Waals surface area contributed by atoms with Gasteiger partial charge in [-0.3, -0.25) is 4.79 Å². The number of nitrogens with zero attached hydrogens (tertiary/aromatic N) is 1. The van der Waals surface area contributed by atoms with E-state index in [2.05, 4.69) is 27.5 Å². The van der Waals surface area contributed by atoms with Gasteiger partial charge in [-0.2, -0.15) is 0 Å². The van der Waals surface area contributed by atoms with Crippen molar-refractivity contribution in [2.24, 2.45) is 5.92 Å². The average Bonchev–Trinajstić information content (AvgIpc) is 3.05. The molecule has 1 aromatic heterocycles. The largest absolute Gasteiger partial charge is 0.338 e. The highest BCUT2D eigenvalue weighted by molar-refractivity contribution is 5.93. The highest BCUT2D eigenvalue weighted by atomic mass is 35.5. The van der Waals surface area contributed by atoms with Gasteiger partial charge in [-0.05, 0) is 50.6 Å². The molecule has 2 aromatic carbocycles. The Bertz CT molecular complexity index is 951. The van der Waals surface area contributed by atoms with E-state index in [-0.39, 0.29) is 24.2 Å². The zero-order valence-electron chi connectivity index (χ0n) is 15.3. The standard InChI is InChI=1S/C20H20F2N4O.ClH/c1-11-8-13(6-7-23-11)20(27)24-14-4-2-12(3-5-14)19-25-17-9-15(21)16(22)10-18(17)26-19;/h2-5,9-11,13,23H,6-8H2,1H3,(H,24,27)(H,25,26);1H/t11-,13-;/m0./s1. The number of fused-ring (bicyclic) bond motifs is 1. The van der Waals surface area contributed by atoms with Crippen LogP contribution in [0.1, 0.15) is 19.8 Å². The van der Waals surface area contributed by atoms with Gasteiger partial charge in [-0.1, -0.05) is 0 Å². The summed E-state index contributed by atoms with van der Waals surface area (Å²) in [5.41, 5.74) is 2.27. The molecule has 0 aliphatic carbocycles. The summed E-state index contributed by atoms with van der Waals surface area (Å²) in [6.45, 7) is 2.94. The van der Waals surface area contributed by atoms with Crippen molar-refractivity contribution in [2.75, 3.05) is 11.9 Å². The molecule has 8 heteroatoms. The van der Waals surface area contributed by atoms with Gasteiger partial charge in [0.05, 0.1) is 11.0 Å². The monoisotopic (exact) mass is 406 g/mol. The number of carbonyl (C=O) groups is 1. The molecule has 1 amide bonds. The second kappa shape index (κ2) is 8.24. The van der Waals surface area contributed by atoms with E-state index in [0.29, 0.717) is 28.6 Å². The third-order valence-corrected chi connectivity index (χ3v) is 4.94. The number of amides is 1. The Labute approximate surface area is 167 Å². The van der Waals surface area contributed by atoms with Crippen molar-refractivity contribution >= 4 is 35.0 Å². The van der Waals surface area contributed by atoms with Crippen LogP contribution in [0.2, 0.25) is 0 Å². The van der Waals surface area contributed by atoms with E-state index in [1.54, 1.807) is 12.1 Å². The van der Waals surface area contributed by atoms with Gasteiger partial charge < -0.3 is 15.6 Å². The van der Waals surface area contributed by atoms with E-state index in [1.165, 1.54) is 0 Å². The molecule has 148 valence electrons. The molecule has 5 nitrogen and oxygen atoms in total. The predicted molar refractivity (Wildman–Crippen MR) is 108 cm³/mol. The Kier molecular flexibility index (Phi) is 5.96. The second-order valence-corrected chi connectivity index (χ2v) is 7.01. The number of aromatic nitrogens is 2. The first kappa shape index (κ1) is 20.2. The van der Waals surface area contributed by atoms with Gasteiger partial charge in [0.15, 0.2) is 11.6 Å². The molecule has 1 saturated heterocycles. The average molecular weight is 407 g/mol. The Morgan fingerprint density at radius 3 is 2.61 bits per heavy atom. The number of hydrogen-bond donors (Lipinski definition) is 3. The number of imidazole rings is 1. The SMILES string of the molecule is C[C@H]1C[C@@H](C(=O)Nc2ccc(-c3nc4cc(F)c(F)cc4[nH]3)cc2)CCN1.Cl. The molecule has 28 heavy (non-hydrogen) atoms. The predicted octanol–water partition coefficient (Wildman–Crippen LogP) is 4.26. The maximum atomic E-state index is 13.3. The Morgan fingerprint density at radius 2 is 1.89 bits per heavy atom. The molecule has 1 aliphatic heterocycles. The van der Waals surface area contributed by atoms with Gasteiger partial charge in [0, 0.05) is 35.3 Å². The van der Waals surface area contributed by atoms with Crippen molar-refractivity contribution in [3.8, 4) is 11.4 Å². The van der Waals surface area contributed by atoms with Gasteiger partial charge in [0.1, 0.15) is 5.82 Å². The number of H-pyrrole nitrogens is 1. The van der Waals surface area contributed by atoms with E-state index in [0.717, 1.165) is 37.1 Å². The van der Waals surface area contributed by atoms with Crippen LogP contribution in [-0.2, 0) is 4.79 Å². The van der Waals surface area contributed by atoms with Crippen LogP contribution in [0.5, 0.6) is 0 Å². The number of carbonyl (C=O) groups excluding carboxylic acids is 1. The molecule has 0 saturated carbocycles. The third-order valence-electron chi connectivity index (χ3n) is 4.94. The Morgan fingerprint density at radius 1 is 1.18 bits per heavy atom. The van der Waals surface area contributed by atoms with E-state index >= 15 is 0 Å². The summed E-state index contributed by atoms with van der Waals surface area (Å²) in [5, 5.41) is 6.29. The van der Waals surface area contributed by atoms with Gasteiger partial charge in [0.2, 0.25) is 5.91 Å². The van der Waals surface area contributed by atoms with Crippen LogP contribution in [0.3, 0.4) is 0 Å². The topological polar surface area (TPSA) is 69.8 Å². The lowest BCUT2D eigenvalue weighted by Gasteiger charge is -2.27. The van der Waals surface area contributed by atoms with Crippen LogP contribution in [-0.4, -0.2) is 28.5 Å². The van der Waals surface area contributed by atoms with Crippen LogP contribution < -0.4 is 10.6 Å². The van der Waals surface area contributed by atoms with Gasteiger partial charge >= 0.3 is 0 Å². The van der Waals surface area contributed by atoms with E-state index in [9.17, 15) is 13.6 Å². The lowest BCUT2D eigenvalue weighted by atomic mass is 9.92. The number of hydrogen-bond acceptors (Lipinski definition) is 3. The fraction of sp³-hybridized carbons (Fsp3) is 0.300. The van der Waals surface area contributed by atoms with Crippen LogP contribution in [0.4, 0.5) is 14.5 Å². The number of piperidine rings is 1. The molecule has 3 N–H and O–H groups in total. The van der Waals surface area contributed by atoms with E-state index in [4.69, 9.17) is 0 Å². The third kappa shape index (κ3) is 4.15. The van der Waals surface area contributed by atoms with Gasteiger partial charge in [-0.15, -0.1) is 12.4 Å². The van der Waals surface area contributed by atoms with Crippen molar-refractivity contribution in [1.29, 1.82) is 0 Å². The number of anilines is 1. The van der Waals surface area contributed by atoms with Crippen molar-refractivity contribution in [3.63, 3.8) is 0 Å². The lowest BCUT2D eigenvalue weighted by Crippen LogP contribution is -2.40. The maximum absolute atomic E-state index is 13.3. The highest BCUT2D eigenvalue weighted by Gasteiger charge is 2.24. The number of halogens is 3. The Hall–Kier alpha value is -2.51. The minimum atomic E-state index is -0.925. The molecular formula is C20H21ClF2N4O. The number of aromatic amines is 1. The molecule has 3 aromatic rings. The first-order valence-electron chi connectivity index (χ1n) is 8.99. The minimum absolute atomic E-state index is 0. The molecule has 4 rings (SSSR count). The van der Waals surface area contributed by atoms with Crippen molar-refractivity contribution in [1.82, 2.24) is 15.3 Å². The molecule has 1 fully saturated rings. The van der Waals surface area contributed by atoms with Gasteiger partial charge in [-0.25, -0.2) is 13.8 Å². The van der Waals surface area contributed by atoms with Crippen LogP contribution in [0.15, 0.2) is 36.4 Å². The van der Waals surface area contributed by atoms with E-state index in [1.807, 2.05) is 12.1 Å². The van der Waals surface area contributed by atoms with E-state index < -0.39 is 11.6 Å². The lowest BCUT2D eigenvalue weighted by molar-refractivity contribution is -0.120. The quantitative estimate of drug-likeness (QED) is 0.608. The molecule has 0 unspecified atom stereocenters. The summed E-state index contributed by atoms with van der Waals surface area (Å²) >= 11 is 0. The molecule has 1 aliphatic rings. The van der Waals surface area contributed by atoms with Crippen LogP contribution >= 0.6 is 12.4 Å². The first-order valence-corrected chi connectivity index (χ1v) is 8.99. The molecule has 2 heterocycles. The Balaban J connectivity index is 0.00000225. The van der Waals surface area contributed by atoms with Crippen molar-refractivity contribution in [3.05, 3.63) is 48.0 Å². The number of nitrogens with one attached hydrogen (secondary N) is 3. The fourth-order valence-corrected chi connectivity index (χ4v) is 3.47. The summed E-state index contributed by atoms with van der Waals surface area (Å²) in [6.07, 6.45) is 1.66. The molecule has 0 radical (unpaired) electrons. The fourth-order valence-electron chi connectivity index (χ4n) is 3.47. The van der Waals surface area contributed by atoms with Crippen molar-refractivity contribution in [2.45, 2.75) is 25.8 Å². The molecule has 2 atom stereocenters. The summed E-state index contributed by atoms with van der Waals surface area (Å²) in [7, 11) is 0. The first-order chi connectivity index (χ1) is 13.0. The van der Waals surface area contributed by atoms with Gasteiger partial charge in [0.25, 0.3) is 0 Å². The zero-order chi connectivity index (χ0) is 19.0. The zero-order valence-corrected chi connectivity index (χ0v) is 16.1. The van der Waals surface area contributed by atoms with Crippen molar-refractivity contribution < 1.29 is 13.6 Å². The maximum Gasteiger partial charge on any atom is 0.227 e. The number of benzene rings is 2. The van der Waals surface area contributed by atoms with Crippen LogP contribution in [0.25, 0.3) is 22.4 Å². The van der Waals surface area contributed by atoms with Crippen LogP contribution in [0, 0.1) is 17.6 Å². The summed E-state index contributed by atoms with van der Waals surface area (Å²) in [4.78, 5) is 19.7. The molecule has 0 spiro atoms. The second-order valence-electron chi connectivity index (χ2n) is 7.01.